The third-order valence-corrected chi connectivity index (χ3v) is 5.54. The molecule has 0 saturated carbocycles. The Bertz CT molecular complexity index is 1460. The van der Waals surface area contributed by atoms with Gasteiger partial charge in [-0.05, 0) is 60.2 Å². The van der Waals surface area contributed by atoms with E-state index in [9.17, 15) is 4.79 Å². The zero-order valence-corrected chi connectivity index (χ0v) is 19.4. The van der Waals surface area contributed by atoms with Crippen molar-refractivity contribution in [2.45, 2.75) is 6.54 Å². The number of halogens is 1. The second-order valence-electron chi connectivity index (χ2n) is 7.74. The van der Waals surface area contributed by atoms with Gasteiger partial charge >= 0.3 is 0 Å². The largest absolute Gasteiger partial charge is 0.497 e. The number of hydrogen-bond donors (Lipinski definition) is 1. The first kappa shape index (κ1) is 22.4. The Balaban J connectivity index is 1.23. The van der Waals surface area contributed by atoms with E-state index in [-0.39, 0.29) is 5.91 Å². The van der Waals surface area contributed by atoms with Crippen LogP contribution in [0.4, 0.5) is 5.69 Å². The third-order valence-electron chi connectivity index (χ3n) is 5.29. The fraction of sp³-hybridized carbons (Fsp3) is 0.0769. The van der Waals surface area contributed by atoms with Gasteiger partial charge in [0.15, 0.2) is 0 Å². The third kappa shape index (κ3) is 5.23. The number of ether oxygens (including phenoxy) is 1. The Kier molecular flexibility index (Phi) is 6.28. The number of benzene rings is 3. The number of nitrogens with zero attached hydrogens (tertiary/aromatic N) is 4. The number of aromatic nitrogens is 4. The van der Waals surface area contributed by atoms with Crippen molar-refractivity contribution in [2.75, 3.05) is 12.4 Å². The van der Waals surface area contributed by atoms with Crippen LogP contribution >= 0.6 is 11.6 Å². The van der Waals surface area contributed by atoms with Crippen molar-refractivity contribution in [1.82, 2.24) is 19.7 Å². The molecule has 5 aromatic rings. The standard InChI is InChI=1S/C26H20ClN5O3/c1-34-22-4-2-3-19(13-22)25(33)29-21-11-5-17(6-12-21)14-32-15-23(28-16-32)26-30-24(31-35-26)18-7-9-20(27)10-8-18/h2-13,15-16H,14H2,1H3,(H,29,33). The van der Waals surface area contributed by atoms with E-state index in [4.69, 9.17) is 20.9 Å². The van der Waals surface area contributed by atoms with Gasteiger partial charge in [-0.1, -0.05) is 35.0 Å². The van der Waals surface area contributed by atoms with Crippen molar-refractivity contribution in [1.29, 1.82) is 0 Å². The molecule has 3 aromatic carbocycles. The van der Waals surface area contributed by atoms with Crippen molar-refractivity contribution in [3.05, 3.63) is 101 Å². The SMILES string of the molecule is COc1cccc(C(=O)Nc2ccc(Cn3cnc(-c4nc(-c5ccc(Cl)cc5)no4)c3)cc2)c1. The van der Waals surface area contributed by atoms with Crippen LogP contribution in [0, 0.1) is 0 Å². The van der Waals surface area contributed by atoms with Gasteiger partial charge in [-0.3, -0.25) is 4.79 Å². The van der Waals surface area contributed by atoms with Gasteiger partial charge in [-0.2, -0.15) is 4.98 Å². The highest BCUT2D eigenvalue weighted by atomic mass is 35.5. The number of imidazole rings is 1. The molecule has 9 heteroatoms. The predicted molar refractivity (Wildman–Crippen MR) is 132 cm³/mol. The van der Waals surface area contributed by atoms with Crippen LogP contribution in [0.1, 0.15) is 15.9 Å². The van der Waals surface area contributed by atoms with Gasteiger partial charge in [0.05, 0.1) is 13.4 Å². The number of methoxy groups -OCH3 is 1. The topological polar surface area (TPSA) is 95.1 Å². The molecule has 0 bridgehead atoms. The van der Waals surface area contributed by atoms with Crippen LogP contribution in [0.2, 0.25) is 5.02 Å². The molecule has 0 aliphatic heterocycles. The lowest BCUT2D eigenvalue weighted by molar-refractivity contribution is 0.102. The summed E-state index contributed by atoms with van der Waals surface area (Å²) in [7, 11) is 1.57. The van der Waals surface area contributed by atoms with E-state index in [2.05, 4.69) is 20.4 Å². The van der Waals surface area contributed by atoms with Crippen LogP contribution in [0.5, 0.6) is 5.75 Å². The summed E-state index contributed by atoms with van der Waals surface area (Å²) in [6, 6.07) is 21.9. The first-order valence-electron chi connectivity index (χ1n) is 10.7. The fourth-order valence-corrected chi connectivity index (χ4v) is 3.60. The molecule has 0 saturated heterocycles. The quantitative estimate of drug-likeness (QED) is 0.324. The van der Waals surface area contributed by atoms with Crippen LogP contribution in [0.25, 0.3) is 23.0 Å². The average molecular weight is 486 g/mol. The number of hydrogen-bond acceptors (Lipinski definition) is 6. The molecule has 0 aliphatic carbocycles. The Morgan fingerprint density at radius 2 is 1.89 bits per heavy atom. The van der Waals surface area contributed by atoms with Gasteiger partial charge in [0.25, 0.3) is 11.8 Å². The van der Waals surface area contributed by atoms with E-state index in [0.717, 1.165) is 11.1 Å². The van der Waals surface area contributed by atoms with Crippen molar-refractivity contribution in [3.8, 4) is 28.7 Å². The molecule has 8 nitrogen and oxygen atoms in total. The minimum absolute atomic E-state index is 0.201. The van der Waals surface area contributed by atoms with Crippen molar-refractivity contribution < 1.29 is 14.1 Å². The lowest BCUT2D eigenvalue weighted by atomic mass is 10.1. The number of carbonyl (C=O) groups excluding carboxylic acids is 1. The Hall–Kier alpha value is -4.43. The second-order valence-corrected chi connectivity index (χ2v) is 8.18. The van der Waals surface area contributed by atoms with Gasteiger partial charge in [-0.25, -0.2) is 4.98 Å². The normalized spacial score (nSPS) is 10.8. The summed E-state index contributed by atoms with van der Waals surface area (Å²) < 4.78 is 12.5. The highest BCUT2D eigenvalue weighted by molar-refractivity contribution is 6.30. The number of nitrogens with one attached hydrogen (secondary N) is 1. The van der Waals surface area contributed by atoms with Gasteiger partial charge in [0.1, 0.15) is 11.4 Å². The number of carbonyl (C=O) groups is 1. The summed E-state index contributed by atoms with van der Waals surface area (Å²) in [6.45, 7) is 0.593. The van der Waals surface area contributed by atoms with E-state index in [1.807, 2.05) is 47.2 Å². The lowest BCUT2D eigenvalue weighted by Gasteiger charge is -2.08. The Morgan fingerprint density at radius 1 is 1.09 bits per heavy atom. The zero-order valence-electron chi connectivity index (χ0n) is 18.7. The molecule has 1 N–H and O–H groups in total. The summed E-state index contributed by atoms with van der Waals surface area (Å²) >= 11 is 5.94. The van der Waals surface area contributed by atoms with Crippen molar-refractivity contribution in [2.24, 2.45) is 0 Å². The minimum Gasteiger partial charge on any atom is -0.497 e. The molecule has 0 unspecified atom stereocenters. The summed E-state index contributed by atoms with van der Waals surface area (Å²) in [5.74, 6) is 1.24. The van der Waals surface area contributed by atoms with Crippen LogP contribution < -0.4 is 10.1 Å². The van der Waals surface area contributed by atoms with Gasteiger partial charge in [-0.15, -0.1) is 0 Å². The monoisotopic (exact) mass is 485 g/mol. The predicted octanol–water partition coefficient (Wildman–Crippen LogP) is 5.56. The maximum atomic E-state index is 12.5. The Labute approximate surface area is 206 Å². The molecular weight excluding hydrogens is 466 g/mol. The highest BCUT2D eigenvalue weighted by Gasteiger charge is 2.13. The van der Waals surface area contributed by atoms with E-state index >= 15 is 0 Å². The highest BCUT2D eigenvalue weighted by Crippen LogP contribution is 2.23. The van der Waals surface area contributed by atoms with E-state index in [1.54, 1.807) is 49.8 Å². The molecule has 2 aromatic heterocycles. The molecule has 35 heavy (non-hydrogen) atoms. The zero-order chi connectivity index (χ0) is 24.2. The first-order valence-corrected chi connectivity index (χ1v) is 11.1. The van der Waals surface area contributed by atoms with E-state index < -0.39 is 0 Å². The van der Waals surface area contributed by atoms with Crippen LogP contribution in [-0.2, 0) is 6.54 Å². The smallest absolute Gasteiger partial charge is 0.278 e. The van der Waals surface area contributed by atoms with Gasteiger partial charge in [0, 0.05) is 34.6 Å². The van der Waals surface area contributed by atoms with Crippen LogP contribution in [0.3, 0.4) is 0 Å². The lowest BCUT2D eigenvalue weighted by Crippen LogP contribution is -2.11. The summed E-state index contributed by atoms with van der Waals surface area (Å²) in [4.78, 5) is 21.3. The summed E-state index contributed by atoms with van der Waals surface area (Å²) in [5.41, 5.74) is 3.66. The minimum atomic E-state index is -0.201. The molecule has 0 atom stereocenters. The Morgan fingerprint density at radius 3 is 2.66 bits per heavy atom. The first-order chi connectivity index (χ1) is 17.1. The fourth-order valence-electron chi connectivity index (χ4n) is 3.47. The van der Waals surface area contributed by atoms with Crippen molar-refractivity contribution in [3.63, 3.8) is 0 Å². The molecule has 0 aliphatic rings. The molecule has 0 radical (unpaired) electrons. The molecule has 174 valence electrons. The number of amides is 1. The number of rotatable bonds is 7. The maximum Gasteiger partial charge on any atom is 0.278 e. The van der Waals surface area contributed by atoms with Gasteiger partial charge in [0.2, 0.25) is 5.82 Å². The maximum absolute atomic E-state index is 12.5. The molecule has 2 heterocycles. The average Bonchev–Trinajstić information content (AvgIpc) is 3.56. The van der Waals surface area contributed by atoms with Crippen LogP contribution in [0.15, 0.2) is 89.8 Å². The molecule has 0 spiro atoms. The number of anilines is 1. The van der Waals surface area contributed by atoms with Gasteiger partial charge < -0.3 is 19.1 Å². The molecule has 0 fully saturated rings. The molecular formula is C26H20ClN5O3. The van der Waals surface area contributed by atoms with E-state index in [0.29, 0.717) is 46.0 Å². The summed E-state index contributed by atoms with van der Waals surface area (Å²) in [6.07, 6.45) is 3.55. The van der Waals surface area contributed by atoms with Crippen LogP contribution in [-0.4, -0.2) is 32.7 Å². The second kappa shape index (κ2) is 9.82. The van der Waals surface area contributed by atoms with E-state index in [1.165, 1.54) is 0 Å². The summed E-state index contributed by atoms with van der Waals surface area (Å²) in [5, 5.41) is 7.57. The molecule has 5 rings (SSSR count). The van der Waals surface area contributed by atoms with Crippen molar-refractivity contribution >= 4 is 23.2 Å². The molecule has 1 amide bonds.